The van der Waals surface area contributed by atoms with Crippen LogP contribution in [0.5, 0.6) is 0 Å². The van der Waals surface area contributed by atoms with Gasteiger partial charge in [0, 0.05) is 25.0 Å². The van der Waals surface area contributed by atoms with Crippen molar-refractivity contribution in [1.82, 2.24) is 16.0 Å². The van der Waals surface area contributed by atoms with Gasteiger partial charge in [-0.05, 0) is 26.9 Å². The molecule has 42 heavy (non-hydrogen) atoms. The summed E-state index contributed by atoms with van der Waals surface area (Å²) in [5.74, 6) is -0.789. The summed E-state index contributed by atoms with van der Waals surface area (Å²) < 4.78 is 23.2. The predicted molar refractivity (Wildman–Crippen MR) is 142 cm³/mol. The lowest BCUT2D eigenvalue weighted by Gasteiger charge is -2.49. The van der Waals surface area contributed by atoms with Gasteiger partial charge in [-0.3, -0.25) is 4.79 Å². The normalized spacial score (nSPS) is 51.2. The highest BCUT2D eigenvalue weighted by molar-refractivity contribution is 5.89. The summed E-state index contributed by atoms with van der Waals surface area (Å²) in [5.41, 5.74) is 8.85. The Morgan fingerprint density at radius 1 is 0.976 bits per heavy atom. The lowest BCUT2D eigenvalue weighted by Crippen LogP contribution is -2.70. The molecule has 2 aliphatic heterocycles. The van der Waals surface area contributed by atoms with Crippen LogP contribution in [-0.4, -0.2) is 165 Å². The smallest absolute Gasteiger partial charge is 0.253 e. The number of ether oxygens (including phenoxy) is 4. The second-order valence-electron chi connectivity index (χ2n) is 12.0. The summed E-state index contributed by atoms with van der Waals surface area (Å²) in [5, 5.41) is 83.3. The minimum Gasteiger partial charge on any atom is -0.388 e. The number of amides is 1. The van der Waals surface area contributed by atoms with Gasteiger partial charge in [0.25, 0.3) is 5.91 Å². The topological polar surface area (TPSA) is 284 Å². The molecular formula is C25H47N5O12. The van der Waals surface area contributed by atoms with Crippen LogP contribution in [0.15, 0.2) is 0 Å². The minimum absolute atomic E-state index is 0.0416. The molecule has 4 fully saturated rings. The highest BCUT2D eigenvalue weighted by atomic mass is 16.7. The van der Waals surface area contributed by atoms with Crippen molar-refractivity contribution in [1.29, 1.82) is 0 Å². The summed E-state index contributed by atoms with van der Waals surface area (Å²) in [7, 11) is 1.54. The van der Waals surface area contributed by atoms with E-state index >= 15 is 0 Å². The molecule has 0 aromatic rings. The van der Waals surface area contributed by atoms with Gasteiger partial charge in [-0.2, -0.15) is 0 Å². The van der Waals surface area contributed by atoms with Crippen LogP contribution in [0, 0.1) is 0 Å². The van der Waals surface area contributed by atoms with E-state index in [1.54, 1.807) is 0 Å². The second-order valence-corrected chi connectivity index (χ2v) is 12.0. The first kappa shape index (κ1) is 33.8. The molecule has 16 atom stereocenters. The summed E-state index contributed by atoms with van der Waals surface area (Å²) in [6.45, 7) is 3.76. The van der Waals surface area contributed by atoms with Gasteiger partial charge in [0.1, 0.15) is 54.4 Å². The Balaban J connectivity index is 1.55. The zero-order chi connectivity index (χ0) is 31.1. The maximum Gasteiger partial charge on any atom is 0.253 e. The molecule has 244 valence electrons. The zero-order valence-electron chi connectivity index (χ0n) is 23.9. The lowest BCUT2D eigenvalue weighted by atomic mass is 9.83. The Bertz CT molecular complexity index is 936. The maximum atomic E-state index is 12.9. The Hall–Kier alpha value is -1.13. The fourth-order valence-electron chi connectivity index (χ4n) is 5.93. The molecule has 4 rings (SSSR count). The van der Waals surface area contributed by atoms with Crippen molar-refractivity contribution in [3.63, 3.8) is 0 Å². The molecule has 2 saturated heterocycles. The molecule has 0 aromatic heterocycles. The van der Waals surface area contributed by atoms with Gasteiger partial charge in [0.15, 0.2) is 18.2 Å². The van der Waals surface area contributed by atoms with E-state index in [-0.39, 0.29) is 26.0 Å². The Labute approximate surface area is 243 Å². The molecule has 2 heterocycles. The van der Waals surface area contributed by atoms with Crippen LogP contribution < -0.4 is 27.4 Å². The number of hydrogen-bond acceptors (Lipinski definition) is 16. The van der Waals surface area contributed by atoms with Gasteiger partial charge in [-0.1, -0.05) is 6.92 Å². The van der Waals surface area contributed by atoms with E-state index in [1.807, 2.05) is 6.92 Å². The quantitative estimate of drug-likeness (QED) is 0.110. The first-order valence-electron chi connectivity index (χ1n) is 14.3. The number of nitrogens with two attached hydrogens (primary N) is 2. The van der Waals surface area contributed by atoms with E-state index in [1.165, 1.54) is 14.0 Å². The molecule has 17 heteroatoms. The number of carbonyl (C=O) groups excluding carboxylic acids is 1. The fourth-order valence-corrected chi connectivity index (χ4v) is 5.93. The molecule has 14 N–H and O–H groups in total. The Morgan fingerprint density at radius 2 is 1.62 bits per heavy atom. The van der Waals surface area contributed by atoms with Crippen molar-refractivity contribution in [2.24, 2.45) is 11.5 Å². The van der Waals surface area contributed by atoms with Crippen LogP contribution in [0.25, 0.3) is 0 Å². The average molecular weight is 610 g/mol. The monoisotopic (exact) mass is 609 g/mol. The highest BCUT2D eigenvalue weighted by Crippen LogP contribution is 2.36. The number of likely N-dealkylation sites (N-methyl/N-ethyl adjacent to an activating group) is 2. The third-order valence-electron chi connectivity index (χ3n) is 8.70. The molecule has 1 amide bonds. The van der Waals surface area contributed by atoms with Gasteiger partial charge in [-0.15, -0.1) is 0 Å². The number of aliphatic hydroxyl groups excluding tert-OH is 5. The first-order chi connectivity index (χ1) is 19.7. The van der Waals surface area contributed by atoms with Gasteiger partial charge >= 0.3 is 0 Å². The van der Waals surface area contributed by atoms with E-state index < -0.39 is 103 Å². The van der Waals surface area contributed by atoms with Crippen molar-refractivity contribution in [2.45, 2.75) is 123 Å². The SMILES string of the molecule is CCNCC1OC(OC2C(N)CC(NC(=O)C3(O)CC3N)C(OC3OCC(C)(O)C(NC)C3O)C2O)C(O)C(O)C1O. The van der Waals surface area contributed by atoms with E-state index in [4.69, 9.17) is 30.4 Å². The third-order valence-corrected chi connectivity index (χ3v) is 8.70. The minimum atomic E-state index is -1.79. The number of hydrogen-bond donors (Lipinski definition) is 12. The van der Waals surface area contributed by atoms with E-state index in [0.29, 0.717) is 6.54 Å². The average Bonchev–Trinajstić information content (AvgIpc) is 3.56. The van der Waals surface area contributed by atoms with Crippen LogP contribution in [0.3, 0.4) is 0 Å². The largest absolute Gasteiger partial charge is 0.388 e. The van der Waals surface area contributed by atoms with E-state index in [0.717, 1.165) is 0 Å². The molecule has 16 unspecified atom stereocenters. The molecule has 0 aromatic carbocycles. The maximum absolute atomic E-state index is 12.9. The van der Waals surface area contributed by atoms with Crippen LogP contribution in [0.1, 0.15) is 26.7 Å². The molecule has 0 spiro atoms. The molecule has 4 aliphatic rings. The van der Waals surface area contributed by atoms with Crippen LogP contribution in [0.4, 0.5) is 0 Å². The number of rotatable bonds is 10. The highest BCUT2D eigenvalue weighted by Gasteiger charge is 2.59. The summed E-state index contributed by atoms with van der Waals surface area (Å²) in [6, 6.07) is -3.64. The lowest BCUT2D eigenvalue weighted by molar-refractivity contribution is -0.330. The number of nitrogens with one attached hydrogen (secondary N) is 3. The van der Waals surface area contributed by atoms with Crippen molar-refractivity contribution in [3.05, 3.63) is 0 Å². The van der Waals surface area contributed by atoms with Crippen LogP contribution >= 0.6 is 0 Å². The van der Waals surface area contributed by atoms with E-state index in [9.17, 15) is 40.5 Å². The van der Waals surface area contributed by atoms with Crippen LogP contribution in [-0.2, 0) is 23.7 Å². The Kier molecular flexibility index (Phi) is 10.5. The second kappa shape index (κ2) is 13.1. The summed E-state index contributed by atoms with van der Waals surface area (Å²) >= 11 is 0. The first-order valence-corrected chi connectivity index (χ1v) is 14.3. The van der Waals surface area contributed by atoms with Gasteiger partial charge in [-0.25, -0.2) is 0 Å². The number of aliphatic hydroxyl groups is 7. The van der Waals surface area contributed by atoms with Crippen molar-refractivity contribution in [2.75, 3.05) is 26.7 Å². The predicted octanol–water partition coefficient (Wildman–Crippen LogP) is -6.73. The summed E-state index contributed by atoms with van der Waals surface area (Å²) in [6.07, 6.45) is -14.3. The van der Waals surface area contributed by atoms with Gasteiger partial charge < -0.3 is 82.1 Å². The standard InChI is InChI=1S/C25H47N5O12/c1-4-29-7-11-13(31)14(32)15(33)22(40-11)41-18-9(26)5-10(30-23(36)25(38)6-12(25)27)19(16(18)34)42-21-17(35)20(28-3)24(2,37)8-39-21/h9-22,28-29,31-35,37-38H,4-8,26-27H2,1-3H3,(H,30,36). The Morgan fingerprint density at radius 3 is 2.21 bits per heavy atom. The number of carbonyl (C=O) groups is 1. The summed E-state index contributed by atoms with van der Waals surface area (Å²) in [4.78, 5) is 12.9. The molecule has 2 aliphatic carbocycles. The molecule has 0 bridgehead atoms. The molecule has 0 radical (unpaired) electrons. The van der Waals surface area contributed by atoms with Crippen molar-refractivity contribution < 1.29 is 59.5 Å². The van der Waals surface area contributed by atoms with Crippen molar-refractivity contribution in [3.8, 4) is 0 Å². The molecule has 17 nitrogen and oxygen atoms in total. The van der Waals surface area contributed by atoms with Crippen molar-refractivity contribution >= 4 is 5.91 Å². The zero-order valence-corrected chi connectivity index (χ0v) is 23.9. The van der Waals surface area contributed by atoms with E-state index in [2.05, 4.69) is 16.0 Å². The third kappa shape index (κ3) is 6.60. The molecule has 2 saturated carbocycles. The fraction of sp³-hybridized carbons (Fsp3) is 0.960. The molecular weight excluding hydrogens is 562 g/mol. The van der Waals surface area contributed by atoms with Gasteiger partial charge in [0.05, 0.1) is 18.7 Å². The van der Waals surface area contributed by atoms with Crippen LogP contribution in [0.2, 0.25) is 0 Å². The van der Waals surface area contributed by atoms with Gasteiger partial charge in [0.2, 0.25) is 0 Å².